The van der Waals surface area contributed by atoms with E-state index in [0.717, 1.165) is 22.8 Å². The van der Waals surface area contributed by atoms with Gasteiger partial charge in [0.1, 0.15) is 11.6 Å². The Bertz CT molecular complexity index is 514. The molecule has 2 rings (SSSR count). The van der Waals surface area contributed by atoms with Crippen LogP contribution in [0.5, 0.6) is 5.75 Å². The number of aromatic nitrogens is 2. The molecule has 19 heavy (non-hydrogen) atoms. The van der Waals surface area contributed by atoms with Gasteiger partial charge in [0.15, 0.2) is 0 Å². The van der Waals surface area contributed by atoms with Crippen LogP contribution in [0.4, 0.5) is 5.82 Å². The molecule has 0 saturated heterocycles. The Morgan fingerprint density at radius 3 is 2.74 bits per heavy atom. The molecular formula is C14H17N3O2. The highest BCUT2D eigenvalue weighted by Crippen LogP contribution is 2.13. The lowest BCUT2D eigenvalue weighted by Gasteiger charge is -2.06. The van der Waals surface area contributed by atoms with E-state index in [9.17, 15) is 0 Å². The number of benzene rings is 1. The first kappa shape index (κ1) is 13.3. The quantitative estimate of drug-likeness (QED) is 0.862. The van der Waals surface area contributed by atoms with Gasteiger partial charge in [-0.3, -0.25) is 4.98 Å². The molecule has 0 spiro atoms. The van der Waals surface area contributed by atoms with Crippen LogP contribution >= 0.6 is 0 Å². The van der Waals surface area contributed by atoms with E-state index in [2.05, 4.69) is 15.3 Å². The van der Waals surface area contributed by atoms with Crippen LogP contribution in [-0.4, -0.2) is 24.1 Å². The summed E-state index contributed by atoms with van der Waals surface area (Å²) in [5.74, 6) is 1.58. The Hall–Kier alpha value is -2.14. The molecule has 1 N–H and O–H groups in total. The summed E-state index contributed by atoms with van der Waals surface area (Å²) < 4.78 is 10.8. The van der Waals surface area contributed by atoms with E-state index in [-0.39, 0.29) is 0 Å². The maximum Gasteiger partial charge on any atom is 0.144 e. The fraction of sp³-hybridized carbons (Fsp3) is 0.286. The van der Waals surface area contributed by atoms with Crippen LogP contribution in [0.15, 0.2) is 36.7 Å². The molecule has 2 aromatic rings. The minimum Gasteiger partial charge on any atom is -0.497 e. The van der Waals surface area contributed by atoms with Crippen molar-refractivity contribution in [2.45, 2.75) is 13.2 Å². The fourth-order valence-corrected chi connectivity index (χ4v) is 1.59. The van der Waals surface area contributed by atoms with E-state index in [1.807, 2.05) is 31.3 Å². The van der Waals surface area contributed by atoms with Gasteiger partial charge in [-0.2, -0.15) is 0 Å². The van der Waals surface area contributed by atoms with Gasteiger partial charge in [-0.05, 0) is 17.7 Å². The zero-order chi connectivity index (χ0) is 13.5. The Morgan fingerprint density at radius 1 is 1.16 bits per heavy atom. The second-order valence-corrected chi connectivity index (χ2v) is 3.99. The van der Waals surface area contributed by atoms with Gasteiger partial charge in [-0.25, -0.2) is 4.98 Å². The van der Waals surface area contributed by atoms with Crippen molar-refractivity contribution in [2.75, 3.05) is 19.5 Å². The molecule has 5 nitrogen and oxygen atoms in total. The van der Waals surface area contributed by atoms with Crippen molar-refractivity contribution in [1.29, 1.82) is 0 Å². The summed E-state index contributed by atoms with van der Waals surface area (Å²) in [6, 6.07) is 7.80. The minimum atomic E-state index is 0.439. The molecule has 0 amide bonds. The van der Waals surface area contributed by atoms with E-state index >= 15 is 0 Å². The molecule has 0 bridgehead atoms. The summed E-state index contributed by atoms with van der Waals surface area (Å²) in [4.78, 5) is 8.42. The van der Waals surface area contributed by atoms with Crippen LogP contribution in [0.1, 0.15) is 11.3 Å². The lowest BCUT2D eigenvalue weighted by Crippen LogP contribution is -1.99. The normalized spacial score (nSPS) is 10.2. The Balaban J connectivity index is 1.85. The second-order valence-electron chi connectivity index (χ2n) is 3.99. The molecule has 0 aliphatic carbocycles. The van der Waals surface area contributed by atoms with Gasteiger partial charge < -0.3 is 14.8 Å². The molecule has 1 heterocycles. The third-order valence-electron chi connectivity index (χ3n) is 2.61. The molecule has 0 aliphatic rings. The number of ether oxygens (including phenoxy) is 2. The van der Waals surface area contributed by atoms with Crippen LogP contribution in [-0.2, 0) is 18.0 Å². The van der Waals surface area contributed by atoms with Crippen LogP contribution in [0.3, 0.4) is 0 Å². The molecule has 1 aromatic heterocycles. The van der Waals surface area contributed by atoms with E-state index in [4.69, 9.17) is 9.47 Å². The van der Waals surface area contributed by atoms with Gasteiger partial charge in [0.25, 0.3) is 0 Å². The first-order valence-electron chi connectivity index (χ1n) is 6.01. The van der Waals surface area contributed by atoms with Crippen molar-refractivity contribution in [3.63, 3.8) is 0 Å². The largest absolute Gasteiger partial charge is 0.497 e. The lowest BCUT2D eigenvalue weighted by molar-refractivity contribution is 0.104. The molecule has 0 atom stereocenters. The Kier molecular flexibility index (Phi) is 4.69. The zero-order valence-electron chi connectivity index (χ0n) is 11.1. The van der Waals surface area contributed by atoms with Crippen LogP contribution in [0.2, 0.25) is 0 Å². The standard InChI is InChI=1S/C14H17N3O2/c1-15-14-8-16-12(7-17-14)10-19-9-11-4-3-5-13(6-11)18-2/h3-8H,9-10H2,1-2H3,(H,15,17). The van der Waals surface area contributed by atoms with Crippen LogP contribution in [0.25, 0.3) is 0 Å². The van der Waals surface area contributed by atoms with Crippen molar-refractivity contribution >= 4 is 5.82 Å². The van der Waals surface area contributed by atoms with E-state index in [1.165, 1.54) is 0 Å². The topological polar surface area (TPSA) is 56.3 Å². The van der Waals surface area contributed by atoms with Crippen LogP contribution in [0, 0.1) is 0 Å². The summed E-state index contributed by atoms with van der Waals surface area (Å²) in [7, 11) is 3.46. The number of hydrogen-bond donors (Lipinski definition) is 1. The number of nitrogens with one attached hydrogen (secondary N) is 1. The minimum absolute atomic E-state index is 0.439. The van der Waals surface area contributed by atoms with Gasteiger partial charge >= 0.3 is 0 Å². The number of hydrogen-bond acceptors (Lipinski definition) is 5. The number of nitrogens with zero attached hydrogens (tertiary/aromatic N) is 2. The average molecular weight is 259 g/mol. The summed E-state index contributed by atoms with van der Waals surface area (Å²) in [5.41, 5.74) is 1.88. The average Bonchev–Trinajstić information content (AvgIpc) is 2.48. The molecule has 0 aliphatic heterocycles. The molecule has 0 fully saturated rings. The lowest BCUT2D eigenvalue weighted by atomic mass is 10.2. The number of anilines is 1. The third kappa shape index (κ3) is 3.93. The second kappa shape index (κ2) is 6.70. The predicted molar refractivity (Wildman–Crippen MR) is 73.1 cm³/mol. The smallest absolute Gasteiger partial charge is 0.144 e. The van der Waals surface area contributed by atoms with Crippen molar-refractivity contribution in [1.82, 2.24) is 9.97 Å². The SMILES string of the molecule is CNc1cnc(COCc2cccc(OC)c2)cn1. The third-order valence-corrected chi connectivity index (χ3v) is 2.61. The summed E-state index contributed by atoms with van der Waals surface area (Å²) in [5, 5.41) is 2.92. The van der Waals surface area contributed by atoms with Crippen molar-refractivity contribution in [3.8, 4) is 5.75 Å². The van der Waals surface area contributed by atoms with E-state index in [1.54, 1.807) is 19.5 Å². The van der Waals surface area contributed by atoms with Crippen molar-refractivity contribution in [2.24, 2.45) is 0 Å². The highest BCUT2D eigenvalue weighted by atomic mass is 16.5. The summed E-state index contributed by atoms with van der Waals surface area (Å²) in [6.07, 6.45) is 3.39. The van der Waals surface area contributed by atoms with Gasteiger partial charge in [0.05, 0.1) is 38.4 Å². The van der Waals surface area contributed by atoms with Crippen LogP contribution < -0.4 is 10.1 Å². The highest BCUT2D eigenvalue weighted by molar-refractivity contribution is 5.29. The molecule has 0 saturated carbocycles. The summed E-state index contributed by atoms with van der Waals surface area (Å²) in [6.45, 7) is 0.959. The molecule has 5 heteroatoms. The molecule has 0 unspecified atom stereocenters. The van der Waals surface area contributed by atoms with Crippen molar-refractivity contribution in [3.05, 3.63) is 47.9 Å². The zero-order valence-corrected chi connectivity index (χ0v) is 11.1. The maximum absolute atomic E-state index is 5.60. The molecule has 1 aromatic carbocycles. The first-order valence-corrected chi connectivity index (χ1v) is 6.01. The van der Waals surface area contributed by atoms with E-state index in [0.29, 0.717) is 13.2 Å². The van der Waals surface area contributed by atoms with Gasteiger partial charge in [-0.1, -0.05) is 12.1 Å². The van der Waals surface area contributed by atoms with E-state index < -0.39 is 0 Å². The van der Waals surface area contributed by atoms with Gasteiger partial charge in [0, 0.05) is 7.05 Å². The molecule has 0 radical (unpaired) electrons. The van der Waals surface area contributed by atoms with Gasteiger partial charge in [0.2, 0.25) is 0 Å². The Labute approximate surface area is 112 Å². The molecule has 100 valence electrons. The number of rotatable bonds is 6. The number of methoxy groups -OCH3 is 1. The first-order chi connectivity index (χ1) is 9.31. The maximum atomic E-state index is 5.60. The highest BCUT2D eigenvalue weighted by Gasteiger charge is 1.99. The summed E-state index contributed by atoms with van der Waals surface area (Å²) >= 11 is 0. The predicted octanol–water partition coefficient (Wildman–Crippen LogP) is 2.24. The van der Waals surface area contributed by atoms with Crippen molar-refractivity contribution < 1.29 is 9.47 Å². The van der Waals surface area contributed by atoms with Gasteiger partial charge in [-0.15, -0.1) is 0 Å². The monoisotopic (exact) mass is 259 g/mol. The Morgan fingerprint density at radius 2 is 2.05 bits per heavy atom. The fourth-order valence-electron chi connectivity index (χ4n) is 1.59. The molecular weight excluding hydrogens is 242 g/mol.